The highest BCUT2D eigenvalue weighted by Crippen LogP contribution is 2.24. The van der Waals surface area contributed by atoms with Gasteiger partial charge in [-0.15, -0.1) is 5.10 Å². The molecular formula is C23H19N3O3. The van der Waals surface area contributed by atoms with E-state index < -0.39 is 0 Å². The van der Waals surface area contributed by atoms with Gasteiger partial charge in [-0.1, -0.05) is 53.6 Å². The number of hydrogen-bond acceptors (Lipinski definition) is 5. The number of carbonyl (C=O) groups is 1. The maximum atomic E-state index is 12.5. The lowest BCUT2D eigenvalue weighted by Gasteiger charge is -2.04. The minimum atomic E-state index is -0.308. The quantitative estimate of drug-likeness (QED) is 0.525. The summed E-state index contributed by atoms with van der Waals surface area (Å²) in [6.45, 7) is 0. The fourth-order valence-corrected chi connectivity index (χ4v) is 2.92. The molecule has 0 fully saturated rings. The van der Waals surface area contributed by atoms with Crippen molar-refractivity contribution in [2.75, 3.05) is 12.4 Å². The smallest absolute Gasteiger partial charge is 0.322 e. The minimum Gasteiger partial charge on any atom is -0.497 e. The zero-order valence-corrected chi connectivity index (χ0v) is 15.8. The van der Waals surface area contributed by atoms with Crippen molar-refractivity contribution in [1.82, 2.24) is 10.2 Å². The van der Waals surface area contributed by atoms with Crippen LogP contribution in [0.5, 0.6) is 5.75 Å². The first-order chi connectivity index (χ1) is 14.2. The minimum absolute atomic E-state index is 0.0428. The molecule has 4 aromatic rings. The molecular weight excluding hydrogens is 366 g/mol. The molecule has 1 heterocycles. The van der Waals surface area contributed by atoms with Gasteiger partial charge in [-0.25, -0.2) is 0 Å². The van der Waals surface area contributed by atoms with Gasteiger partial charge in [-0.3, -0.25) is 10.1 Å². The first kappa shape index (κ1) is 18.4. The second-order valence-electron chi connectivity index (χ2n) is 6.46. The highest BCUT2D eigenvalue weighted by molar-refractivity contribution is 6.03. The van der Waals surface area contributed by atoms with E-state index in [1.54, 1.807) is 25.3 Å². The van der Waals surface area contributed by atoms with E-state index in [0.717, 1.165) is 12.0 Å². The van der Waals surface area contributed by atoms with Gasteiger partial charge in [0.25, 0.3) is 5.91 Å². The number of anilines is 1. The van der Waals surface area contributed by atoms with E-state index in [0.29, 0.717) is 22.8 Å². The van der Waals surface area contributed by atoms with E-state index in [4.69, 9.17) is 9.15 Å². The summed E-state index contributed by atoms with van der Waals surface area (Å²) in [5.41, 5.74) is 3.58. The fraction of sp³-hybridized carbons (Fsp3) is 0.0870. The van der Waals surface area contributed by atoms with E-state index in [9.17, 15) is 4.79 Å². The zero-order chi connectivity index (χ0) is 20.1. The Morgan fingerprint density at radius 2 is 1.69 bits per heavy atom. The monoisotopic (exact) mass is 385 g/mol. The number of carbonyl (C=O) groups excluding carboxylic acids is 1. The van der Waals surface area contributed by atoms with Crippen LogP contribution in [0.25, 0.3) is 11.5 Å². The van der Waals surface area contributed by atoms with Crippen LogP contribution in [0.1, 0.15) is 21.5 Å². The Bertz CT molecular complexity index is 1110. The highest BCUT2D eigenvalue weighted by atomic mass is 16.5. The van der Waals surface area contributed by atoms with Crippen LogP contribution in [0, 0.1) is 0 Å². The van der Waals surface area contributed by atoms with Crippen molar-refractivity contribution < 1.29 is 13.9 Å². The predicted octanol–water partition coefficient (Wildman–Crippen LogP) is 4.59. The number of nitrogens with one attached hydrogen (secondary N) is 1. The molecule has 1 amide bonds. The van der Waals surface area contributed by atoms with E-state index in [2.05, 4.69) is 27.6 Å². The summed E-state index contributed by atoms with van der Waals surface area (Å²) in [6, 6.07) is 24.9. The van der Waals surface area contributed by atoms with Gasteiger partial charge in [-0.2, -0.15) is 0 Å². The highest BCUT2D eigenvalue weighted by Gasteiger charge is 2.13. The van der Waals surface area contributed by atoms with Gasteiger partial charge in [0, 0.05) is 11.1 Å². The molecule has 0 aliphatic rings. The Kier molecular flexibility index (Phi) is 5.33. The van der Waals surface area contributed by atoms with Crippen LogP contribution in [0.3, 0.4) is 0 Å². The summed E-state index contributed by atoms with van der Waals surface area (Å²) >= 11 is 0. The first-order valence-electron chi connectivity index (χ1n) is 9.13. The van der Waals surface area contributed by atoms with Crippen molar-refractivity contribution in [2.45, 2.75) is 6.42 Å². The van der Waals surface area contributed by atoms with E-state index in [1.807, 2.05) is 48.5 Å². The Balaban J connectivity index is 1.42. The number of nitrogens with zero attached hydrogens (tertiary/aromatic N) is 2. The van der Waals surface area contributed by atoms with Crippen LogP contribution >= 0.6 is 0 Å². The summed E-state index contributed by atoms with van der Waals surface area (Å²) < 4.78 is 10.7. The number of hydrogen-bond donors (Lipinski definition) is 1. The molecule has 0 bridgehead atoms. The molecule has 144 valence electrons. The molecule has 0 spiro atoms. The number of amides is 1. The lowest BCUT2D eigenvalue weighted by atomic mass is 10.0. The van der Waals surface area contributed by atoms with Gasteiger partial charge in [0.1, 0.15) is 5.75 Å². The average molecular weight is 385 g/mol. The molecule has 6 heteroatoms. The topological polar surface area (TPSA) is 77.3 Å². The molecule has 1 aromatic heterocycles. The second kappa shape index (κ2) is 8.39. The molecule has 29 heavy (non-hydrogen) atoms. The summed E-state index contributed by atoms with van der Waals surface area (Å²) in [5, 5.41) is 10.5. The van der Waals surface area contributed by atoms with Gasteiger partial charge in [0.2, 0.25) is 5.89 Å². The molecule has 0 radical (unpaired) electrons. The van der Waals surface area contributed by atoms with Gasteiger partial charge >= 0.3 is 6.01 Å². The fourth-order valence-electron chi connectivity index (χ4n) is 2.92. The van der Waals surface area contributed by atoms with Crippen LogP contribution in [0.4, 0.5) is 6.01 Å². The number of rotatable bonds is 6. The van der Waals surface area contributed by atoms with Crippen LogP contribution in [-0.2, 0) is 6.42 Å². The molecule has 0 atom stereocenters. The van der Waals surface area contributed by atoms with Gasteiger partial charge in [0.15, 0.2) is 0 Å². The Morgan fingerprint density at radius 1 is 0.931 bits per heavy atom. The number of methoxy groups -OCH3 is 1. The second-order valence-corrected chi connectivity index (χ2v) is 6.46. The predicted molar refractivity (Wildman–Crippen MR) is 110 cm³/mol. The third kappa shape index (κ3) is 4.50. The van der Waals surface area contributed by atoms with E-state index in [-0.39, 0.29) is 11.9 Å². The van der Waals surface area contributed by atoms with E-state index in [1.165, 1.54) is 5.56 Å². The summed E-state index contributed by atoms with van der Waals surface area (Å²) in [6.07, 6.45) is 0.816. The van der Waals surface area contributed by atoms with Crippen LogP contribution in [-0.4, -0.2) is 23.2 Å². The SMILES string of the molecule is COc1cccc(-c2nnc(NC(=O)c3ccc(Cc4ccccc4)cc3)o2)c1. The average Bonchev–Trinajstić information content (AvgIpc) is 3.23. The van der Waals surface area contributed by atoms with E-state index >= 15 is 0 Å². The van der Waals surface area contributed by atoms with Crippen molar-refractivity contribution >= 4 is 11.9 Å². The number of benzene rings is 3. The van der Waals surface area contributed by atoms with Crippen molar-refractivity contribution in [3.63, 3.8) is 0 Å². The normalized spacial score (nSPS) is 10.5. The molecule has 0 aliphatic heterocycles. The molecule has 0 saturated heterocycles. The third-order valence-electron chi connectivity index (χ3n) is 4.43. The molecule has 0 aliphatic carbocycles. The summed E-state index contributed by atoms with van der Waals surface area (Å²) in [5.74, 6) is 0.677. The molecule has 0 saturated carbocycles. The number of aromatic nitrogens is 2. The Hall–Kier alpha value is -3.93. The summed E-state index contributed by atoms with van der Waals surface area (Å²) in [7, 11) is 1.59. The Morgan fingerprint density at radius 3 is 2.45 bits per heavy atom. The van der Waals surface area contributed by atoms with Crippen molar-refractivity contribution in [3.05, 3.63) is 95.6 Å². The van der Waals surface area contributed by atoms with Crippen molar-refractivity contribution in [1.29, 1.82) is 0 Å². The molecule has 3 aromatic carbocycles. The standard InChI is InChI=1S/C23H19N3O3/c1-28-20-9-5-8-19(15-20)22-25-26-23(29-22)24-21(27)18-12-10-17(11-13-18)14-16-6-3-2-4-7-16/h2-13,15H,14H2,1H3,(H,24,26,27). The lowest BCUT2D eigenvalue weighted by Crippen LogP contribution is -2.12. The van der Waals surface area contributed by atoms with Crippen molar-refractivity contribution in [2.24, 2.45) is 0 Å². The molecule has 6 nitrogen and oxygen atoms in total. The third-order valence-corrected chi connectivity index (χ3v) is 4.43. The largest absolute Gasteiger partial charge is 0.497 e. The molecule has 1 N–H and O–H groups in total. The maximum absolute atomic E-state index is 12.5. The van der Waals surface area contributed by atoms with Gasteiger partial charge in [0.05, 0.1) is 7.11 Å². The lowest BCUT2D eigenvalue weighted by molar-refractivity contribution is 0.102. The van der Waals surface area contributed by atoms with Gasteiger partial charge < -0.3 is 9.15 Å². The van der Waals surface area contributed by atoms with Crippen LogP contribution in [0.2, 0.25) is 0 Å². The molecule has 0 unspecified atom stereocenters. The number of ether oxygens (including phenoxy) is 1. The summed E-state index contributed by atoms with van der Waals surface area (Å²) in [4.78, 5) is 12.5. The van der Waals surface area contributed by atoms with Crippen LogP contribution < -0.4 is 10.1 Å². The molecule has 4 rings (SSSR count). The van der Waals surface area contributed by atoms with Crippen molar-refractivity contribution in [3.8, 4) is 17.2 Å². The maximum Gasteiger partial charge on any atom is 0.322 e. The zero-order valence-electron chi connectivity index (χ0n) is 15.8. The Labute approximate surface area is 168 Å². The first-order valence-corrected chi connectivity index (χ1v) is 9.13. The van der Waals surface area contributed by atoms with Crippen LogP contribution in [0.15, 0.2) is 83.3 Å². The van der Waals surface area contributed by atoms with Gasteiger partial charge in [-0.05, 0) is 47.9 Å².